The molecule has 1 heterocycles. The fourth-order valence-corrected chi connectivity index (χ4v) is 8.64. The van der Waals surface area contributed by atoms with Crippen molar-refractivity contribution in [2.24, 2.45) is 0 Å². The van der Waals surface area contributed by atoms with Gasteiger partial charge in [0.15, 0.2) is 6.29 Å². The molecular formula is C58H100O12S. The maximum atomic E-state index is 12.9. The minimum absolute atomic E-state index is 0.0105. The van der Waals surface area contributed by atoms with Gasteiger partial charge in [-0.05, 0) is 64.2 Å². The molecule has 0 aromatic rings. The van der Waals surface area contributed by atoms with Gasteiger partial charge < -0.3 is 34.3 Å². The van der Waals surface area contributed by atoms with E-state index in [4.69, 9.17) is 18.9 Å². The average Bonchev–Trinajstić information content (AvgIpc) is 3.35. The Bertz CT molecular complexity index is 1550. The van der Waals surface area contributed by atoms with Crippen molar-refractivity contribution in [1.82, 2.24) is 0 Å². The van der Waals surface area contributed by atoms with Crippen LogP contribution >= 0.6 is 0 Å². The molecule has 0 spiro atoms. The van der Waals surface area contributed by atoms with Crippen LogP contribution in [0.3, 0.4) is 0 Å². The molecule has 1 saturated heterocycles. The molecule has 1 rings (SSSR count). The van der Waals surface area contributed by atoms with Crippen molar-refractivity contribution in [1.29, 1.82) is 0 Å². The van der Waals surface area contributed by atoms with E-state index in [1.807, 2.05) is 6.08 Å². The number of esters is 1. The quantitative estimate of drug-likeness (QED) is 0.0196. The molecule has 0 aromatic heterocycles. The zero-order valence-corrected chi connectivity index (χ0v) is 45.1. The van der Waals surface area contributed by atoms with Gasteiger partial charge in [0.2, 0.25) is 0 Å². The highest BCUT2D eigenvalue weighted by molar-refractivity contribution is 7.80. The number of carbonyl (C=O) groups excluding carboxylic acids is 1. The standard InChI is InChI=1S/C58H100O12S/c1-3-5-7-9-11-13-15-17-19-21-23-25-26-27-29-31-33-35-37-39-41-43-45-47-54(60)68-52(51-67-58-56(62)57(70-71(63,64)65)55(61)53(49-59)69-58)50-66-48-46-44-42-40-38-36-34-32-30-28-24-22-20-18-16-14-12-10-8-6-4-2/h5,7,11,13,17,19,23,25,27,29,33,35,39,41,52-53,55-59,61-62H,3-4,6,8-10,12,14-16,18,20-22,24,26,28,30-32,34,36-38,40,42-51H2,1-2H3,(H,63,64,65)/b7-5-,13-11-,19-17-,25-23-,29-27-,35-33-,41-39-. The van der Waals surface area contributed by atoms with E-state index in [1.165, 1.54) is 116 Å². The Kier molecular flexibility index (Phi) is 45.0. The van der Waals surface area contributed by atoms with E-state index < -0.39 is 59.8 Å². The summed E-state index contributed by atoms with van der Waals surface area (Å²) in [5, 5.41) is 30.8. The lowest BCUT2D eigenvalue weighted by atomic mass is 9.99. The Balaban J connectivity index is 2.38. The monoisotopic (exact) mass is 1020 g/mol. The first kappa shape index (κ1) is 66.3. The Hall–Kier alpha value is -2.72. The van der Waals surface area contributed by atoms with Crippen LogP contribution in [0.2, 0.25) is 0 Å². The van der Waals surface area contributed by atoms with E-state index in [0.29, 0.717) is 19.4 Å². The van der Waals surface area contributed by atoms with Crippen LogP contribution in [-0.4, -0.2) is 97.5 Å². The van der Waals surface area contributed by atoms with E-state index in [2.05, 4.69) is 97.0 Å². The Morgan fingerprint density at radius 1 is 0.549 bits per heavy atom. The summed E-state index contributed by atoms with van der Waals surface area (Å²) in [5.74, 6) is -0.456. The summed E-state index contributed by atoms with van der Waals surface area (Å²) in [6.07, 6.45) is 56.3. The zero-order valence-electron chi connectivity index (χ0n) is 44.3. The highest BCUT2D eigenvalue weighted by atomic mass is 32.3. The number of rotatable bonds is 48. The number of hydrogen-bond acceptors (Lipinski definition) is 11. The normalized spacial score (nSPS) is 19.7. The van der Waals surface area contributed by atoms with E-state index in [0.717, 1.165) is 64.2 Å². The average molecular weight is 1020 g/mol. The molecule has 1 fully saturated rings. The number of carbonyl (C=O) groups is 1. The molecule has 0 bridgehead atoms. The first-order valence-electron chi connectivity index (χ1n) is 27.8. The summed E-state index contributed by atoms with van der Waals surface area (Å²) in [6, 6.07) is 0. The lowest BCUT2D eigenvalue weighted by molar-refractivity contribution is -0.301. The molecule has 0 amide bonds. The van der Waals surface area contributed by atoms with Crippen molar-refractivity contribution >= 4 is 16.4 Å². The zero-order chi connectivity index (χ0) is 51.7. The van der Waals surface area contributed by atoms with Gasteiger partial charge in [0.25, 0.3) is 0 Å². The number of allylic oxidation sites excluding steroid dienone is 14. The van der Waals surface area contributed by atoms with E-state index in [-0.39, 0.29) is 19.6 Å². The van der Waals surface area contributed by atoms with Crippen LogP contribution in [0.5, 0.6) is 0 Å². The highest BCUT2D eigenvalue weighted by Crippen LogP contribution is 2.26. The summed E-state index contributed by atoms with van der Waals surface area (Å²) in [7, 11) is -5.08. The van der Waals surface area contributed by atoms with Crippen molar-refractivity contribution < 1.29 is 56.2 Å². The predicted octanol–water partition coefficient (Wildman–Crippen LogP) is 13.6. The summed E-state index contributed by atoms with van der Waals surface area (Å²) in [6.45, 7) is 3.83. The van der Waals surface area contributed by atoms with Crippen LogP contribution in [0.1, 0.15) is 213 Å². The first-order chi connectivity index (χ1) is 34.6. The second kappa shape index (κ2) is 48.2. The molecule has 71 heavy (non-hydrogen) atoms. The van der Waals surface area contributed by atoms with E-state index >= 15 is 0 Å². The smallest absolute Gasteiger partial charge is 0.397 e. The van der Waals surface area contributed by atoms with Gasteiger partial charge in [-0.1, -0.05) is 227 Å². The second-order valence-electron chi connectivity index (χ2n) is 18.8. The number of hydrogen-bond donors (Lipinski definition) is 4. The van der Waals surface area contributed by atoms with Crippen LogP contribution in [0.15, 0.2) is 85.1 Å². The van der Waals surface area contributed by atoms with E-state index in [1.54, 1.807) is 0 Å². The molecular weight excluding hydrogens is 921 g/mol. The molecule has 0 saturated carbocycles. The minimum atomic E-state index is -5.08. The second-order valence-corrected chi connectivity index (χ2v) is 19.8. The number of aliphatic hydroxyl groups excluding tert-OH is 3. The molecule has 0 aliphatic carbocycles. The summed E-state index contributed by atoms with van der Waals surface area (Å²) >= 11 is 0. The third-order valence-electron chi connectivity index (χ3n) is 12.3. The van der Waals surface area contributed by atoms with Crippen molar-refractivity contribution in [2.75, 3.05) is 26.4 Å². The van der Waals surface area contributed by atoms with Crippen LogP contribution in [-0.2, 0) is 38.3 Å². The molecule has 0 radical (unpaired) electrons. The summed E-state index contributed by atoms with van der Waals surface area (Å²) in [4.78, 5) is 12.9. The Morgan fingerprint density at radius 3 is 1.37 bits per heavy atom. The van der Waals surface area contributed by atoms with Gasteiger partial charge in [-0.25, -0.2) is 4.18 Å². The topological polar surface area (TPSA) is 178 Å². The summed E-state index contributed by atoms with van der Waals surface area (Å²) in [5.41, 5.74) is 0. The first-order valence-corrected chi connectivity index (χ1v) is 29.2. The molecule has 12 nitrogen and oxygen atoms in total. The van der Waals surface area contributed by atoms with E-state index in [9.17, 15) is 33.1 Å². The maximum Gasteiger partial charge on any atom is 0.397 e. The molecule has 410 valence electrons. The lowest BCUT2D eigenvalue weighted by Gasteiger charge is -2.41. The molecule has 13 heteroatoms. The predicted molar refractivity (Wildman–Crippen MR) is 289 cm³/mol. The van der Waals surface area contributed by atoms with Crippen molar-refractivity contribution in [3.05, 3.63) is 85.1 Å². The van der Waals surface area contributed by atoms with Crippen molar-refractivity contribution in [2.45, 2.75) is 250 Å². The van der Waals surface area contributed by atoms with Gasteiger partial charge in [-0.3, -0.25) is 9.35 Å². The fraction of sp³-hybridized carbons (Fsp3) is 0.741. The van der Waals surface area contributed by atoms with Gasteiger partial charge in [-0.2, -0.15) is 8.42 Å². The molecule has 6 unspecified atom stereocenters. The molecule has 6 atom stereocenters. The molecule has 1 aliphatic heterocycles. The molecule has 1 aliphatic rings. The Morgan fingerprint density at radius 2 is 0.958 bits per heavy atom. The molecule has 4 N–H and O–H groups in total. The Labute approximate surface area is 432 Å². The third kappa shape index (κ3) is 41.3. The number of unbranched alkanes of at least 4 members (excludes halogenated alkanes) is 21. The highest BCUT2D eigenvalue weighted by Gasteiger charge is 2.48. The van der Waals surface area contributed by atoms with Gasteiger partial charge in [0.05, 0.1) is 19.8 Å². The minimum Gasteiger partial charge on any atom is -0.457 e. The number of aliphatic hydroxyl groups is 3. The van der Waals surface area contributed by atoms with Gasteiger partial charge in [0, 0.05) is 13.0 Å². The van der Waals surface area contributed by atoms with Crippen molar-refractivity contribution in [3.8, 4) is 0 Å². The largest absolute Gasteiger partial charge is 0.457 e. The maximum absolute atomic E-state index is 12.9. The third-order valence-corrected chi connectivity index (χ3v) is 12.7. The van der Waals surface area contributed by atoms with Crippen LogP contribution in [0.4, 0.5) is 0 Å². The number of ether oxygens (including phenoxy) is 4. The molecule has 0 aromatic carbocycles. The van der Waals surface area contributed by atoms with Crippen molar-refractivity contribution in [3.63, 3.8) is 0 Å². The van der Waals surface area contributed by atoms with Gasteiger partial charge in [0.1, 0.15) is 30.5 Å². The van der Waals surface area contributed by atoms with Gasteiger partial charge >= 0.3 is 16.4 Å². The van der Waals surface area contributed by atoms with Crippen LogP contribution in [0.25, 0.3) is 0 Å². The van der Waals surface area contributed by atoms with Gasteiger partial charge in [-0.15, -0.1) is 0 Å². The SMILES string of the molecule is CC/C=C\C/C=C\C/C=C\C/C=C\C/C=C\C/C=C\C/C=C\CCCC(=O)OC(COCCCCCCCCCCCCCCCCCCCCCCC)COC1OC(CO)C(O)C(OS(=O)(=O)O)C1O. The summed E-state index contributed by atoms with van der Waals surface area (Å²) < 4.78 is 59.3. The van der Waals surface area contributed by atoms with Crippen LogP contribution < -0.4 is 0 Å². The van der Waals surface area contributed by atoms with Crippen LogP contribution in [0, 0.1) is 0 Å². The fourth-order valence-electron chi connectivity index (χ4n) is 8.13. The lowest BCUT2D eigenvalue weighted by Crippen LogP contribution is -2.60.